The Balaban J connectivity index is 0.916. The average molecular weight is 1350 g/mol. The summed E-state index contributed by atoms with van der Waals surface area (Å²) in [5, 5.41) is 8.75. The zero-order valence-electron chi connectivity index (χ0n) is 52.3. The van der Waals surface area contributed by atoms with E-state index in [1.54, 1.807) is 55.4 Å². The number of benzene rings is 6. The van der Waals surface area contributed by atoms with Gasteiger partial charge in [0.25, 0.3) is 0 Å². The lowest BCUT2D eigenvalue weighted by molar-refractivity contribution is -0.320. The summed E-state index contributed by atoms with van der Waals surface area (Å²) in [6.07, 6.45) is -3.50. The number of hydrogen-bond donors (Lipinski definition) is 2. The zero-order chi connectivity index (χ0) is 66.8. The smallest absolute Gasteiger partial charge is 0.347 e. The lowest BCUT2D eigenvalue weighted by Gasteiger charge is -2.35. The minimum atomic E-state index is -4.84. The monoisotopic (exact) mass is 1350 g/mol. The molecule has 0 amide bonds. The van der Waals surface area contributed by atoms with E-state index in [0.29, 0.717) is 42.5 Å². The highest BCUT2D eigenvalue weighted by Gasteiger charge is 2.38. The van der Waals surface area contributed by atoms with E-state index < -0.39 is 114 Å². The quantitative estimate of drug-likeness (QED) is 0.0174. The number of rotatable bonds is 26. The summed E-state index contributed by atoms with van der Waals surface area (Å²) in [4.78, 5) is 40.9. The fourth-order valence-electron chi connectivity index (χ4n) is 9.85. The van der Waals surface area contributed by atoms with Crippen LogP contribution in [0.1, 0.15) is 65.5 Å². The molecule has 6 aromatic rings. The number of para-hydroxylation sites is 2. The second kappa shape index (κ2) is 29.3. The molecule has 2 aliphatic rings. The Kier molecular flexibility index (Phi) is 22.2. The van der Waals surface area contributed by atoms with E-state index in [1.807, 2.05) is 70.5 Å². The van der Waals surface area contributed by atoms with Crippen LogP contribution in [-0.4, -0.2) is 154 Å². The molecular formula is C63H77N7O18S4. The van der Waals surface area contributed by atoms with Crippen molar-refractivity contribution in [3.8, 4) is 23.0 Å². The summed E-state index contributed by atoms with van der Waals surface area (Å²) in [6.45, 7) is 14.1. The Morgan fingerprint density at radius 2 is 0.793 bits per heavy atom. The third kappa shape index (κ3) is 18.6. The second-order valence-corrected chi connectivity index (χ2v) is 30.4. The molecule has 0 bridgehead atoms. The number of anilines is 2. The predicted octanol–water partition coefficient (Wildman–Crippen LogP) is 7.58. The van der Waals surface area contributed by atoms with E-state index >= 15 is 0 Å². The molecule has 2 fully saturated rings. The summed E-state index contributed by atoms with van der Waals surface area (Å²) < 4.78 is 150. The van der Waals surface area contributed by atoms with Gasteiger partial charge in [-0.25, -0.2) is 36.1 Å². The maximum absolute atomic E-state index is 14.1. The molecule has 8 rings (SSSR count). The van der Waals surface area contributed by atoms with E-state index in [4.69, 9.17) is 48.1 Å². The topological polar surface area (TPSA) is 311 Å². The number of guanidine groups is 1. The van der Waals surface area contributed by atoms with E-state index in [9.17, 15) is 43.3 Å². The van der Waals surface area contributed by atoms with Gasteiger partial charge in [0.2, 0.25) is 26.0 Å². The molecule has 0 aliphatic carbocycles. The Bertz CT molecular complexity index is 3790. The molecule has 2 heterocycles. The maximum Gasteiger partial charge on any atom is 0.347 e. The first-order chi connectivity index (χ1) is 43.3. The number of hydrogen-bond acceptors (Lipinski definition) is 21. The second-order valence-electron chi connectivity index (χ2n) is 23.6. The first-order valence-electron chi connectivity index (χ1n) is 29.4. The number of ether oxygens (including phenoxy) is 4. The standard InChI is InChI=1S/C63H77N7O18S4/c1-45-39-49(43-51(41-45)87-91(77,78)57-25-17-15-23-55(57)89(73,74)68-33-29-66(30-34-68)47-19-11-9-12-20-47)83-53(59(71)85-62(3,4)5)27-37-81-70(61(64)65)82-38-28-54(60(72)86-63(6,7)8)84-50-40-46(2)42-52(44-50)88-92(79,80)58-26-18-16-24-56(58)90(75,76)69-35-31-67(32-36-69)48-21-13-10-14-22-48/h9-26,39-44,53-54H,27-38H2,1-8H3,(H3,64,65). The molecule has 25 nitrogen and oxygen atoms in total. The van der Waals surface area contributed by atoms with Crippen LogP contribution in [0.2, 0.25) is 0 Å². The van der Waals surface area contributed by atoms with Crippen LogP contribution in [0, 0.1) is 19.3 Å². The Morgan fingerprint density at radius 3 is 1.12 bits per heavy atom. The molecule has 0 aromatic heterocycles. The number of nitrogens with zero attached hydrogens (tertiary/aromatic N) is 5. The molecule has 2 saturated heterocycles. The van der Waals surface area contributed by atoms with Gasteiger partial charge in [-0.3, -0.25) is 5.41 Å². The predicted molar refractivity (Wildman–Crippen MR) is 341 cm³/mol. The molecule has 2 atom stereocenters. The lowest BCUT2D eigenvalue weighted by Crippen LogP contribution is -2.48. The third-order valence-corrected chi connectivity index (χ3v) is 20.7. The van der Waals surface area contributed by atoms with Crippen molar-refractivity contribution >= 4 is 69.6 Å². The molecule has 2 aliphatic heterocycles. The summed E-state index contributed by atoms with van der Waals surface area (Å²) in [7, 11) is -18.4. The summed E-state index contributed by atoms with van der Waals surface area (Å²) in [5.41, 5.74) is 6.55. The van der Waals surface area contributed by atoms with Crippen LogP contribution in [-0.2, 0) is 69.0 Å². The Labute approximate surface area is 538 Å². The van der Waals surface area contributed by atoms with Gasteiger partial charge in [-0.1, -0.05) is 65.9 Å². The first-order valence-corrected chi connectivity index (χ1v) is 35.1. The average Bonchev–Trinajstić information content (AvgIpc) is 0.792. The van der Waals surface area contributed by atoms with Gasteiger partial charge in [0.05, 0.1) is 13.2 Å². The number of piperazine rings is 2. The van der Waals surface area contributed by atoms with Crippen molar-refractivity contribution in [3.05, 3.63) is 157 Å². The highest BCUT2D eigenvalue weighted by molar-refractivity contribution is 7.92. The molecule has 6 aromatic carbocycles. The van der Waals surface area contributed by atoms with Crippen molar-refractivity contribution in [1.29, 1.82) is 5.41 Å². The maximum atomic E-state index is 14.1. The number of carbonyl (C=O) groups is 2. The minimum absolute atomic E-state index is 0.0504. The van der Waals surface area contributed by atoms with Crippen LogP contribution < -0.4 is 33.4 Å². The summed E-state index contributed by atoms with van der Waals surface area (Å²) in [6, 6.07) is 37.5. The normalized spacial score (nSPS) is 15.4. The minimum Gasteiger partial charge on any atom is -0.478 e. The zero-order valence-corrected chi connectivity index (χ0v) is 55.6. The van der Waals surface area contributed by atoms with E-state index in [-0.39, 0.29) is 62.0 Å². The van der Waals surface area contributed by atoms with Gasteiger partial charge in [-0.15, -0.1) is 0 Å². The van der Waals surface area contributed by atoms with Crippen molar-refractivity contribution in [2.45, 2.75) is 111 Å². The van der Waals surface area contributed by atoms with Gasteiger partial charge >= 0.3 is 32.2 Å². The van der Waals surface area contributed by atoms with Crippen LogP contribution in [0.25, 0.3) is 0 Å². The van der Waals surface area contributed by atoms with Crippen molar-refractivity contribution in [2.24, 2.45) is 5.73 Å². The van der Waals surface area contributed by atoms with Crippen molar-refractivity contribution in [1.82, 2.24) is 13.8 Å². The Hall–Kier alpha value is -8.03. The summed E-state index contributed by atoms with van der Waals surface area (Å²) >= 11 is 0. The largest absolute Gasteiger partial charge is 0.478 e. The molecule has 2 unspecified atom stereocenters. The van der Waals surface area contributed by atoms with Crippen molar-refractivity contribution < 1.29 is 80.2 Å². The number of nitrogens with one attached hydrogen (secondary N) is 1. The SMILES string of the molecule is Cc1cc(OC(CCON(OCCC(Oc2cc(C)cc(OS(=O)(=O)c3ccccc3S(=O)(=O)N3CCN(c4ccccc4)CC3)c2)C(=O)OC(C)(C)C)C(=N)N)C(=O)OC(C)(C)C)cc(OS(=O)(=O)c2ccccc2S(=O)(=O)N2CCN(c3ccccc3)CC2)c1. The fourth-order valence-corrected chi connectivity index (χ4v) is 16.1. The van der Waals surface area contributed by atoms with Crippen LogP contribution in [0.5, 0.6) is 23.0 Å². The van der Waals surface area contributed by atoms with Gasteiger partial charge in [-0.05, 0) is 139 Å². The van der Waals surface area contributed by atoms with Gasteiger partial charge in [0.1, 0.15) is 53.8 Å². The van der Waals surface area contributed by atoms with Crippen molar-refractivity contribution in [2.75, 3.05) is 75.4 Å². The van der Waals surface area contributed by atoms with Crippen LogP contribution in [0.3, 0.4) is 0 Å². The lowest BCUT2D eigenvalue weighted by atomic mass is 10.2. The van der Waals surface area contributed by atoms with Crippen LogP contribution in [0.4, 0.5) is 11.4 Å². The van der Waals surface area contributed by atoms with E-state index in [1.165, 1.54) is 81.4 Å². The van der Waals surface area contributed by atoms with Crippen molar-refractivity contribution in [3.63, 3.8) is 0 Å². The van der Waals surface area contributed by atoms with Gasteiger partial charge in [-0.2, -0.15) is 25.4 Å². The molecular weight excluding hydrogens is 1270 g/mol. The number of nitrogens with two attached hydrogens (primary N) is 1. The van der Waals surface area contributed by atoms with Gasteiger partial charge in [0.15, 0.2) is 12.2 Å². The molecule has 0 radical (unpaired) electrons. The van der Waals surface area contributed by atoms with Crippen LogP contribution in [0.15, 0.2) is 165 Å². The fraction of sp³-hybridized carbons (Fsp3) is 0.381. The molecule has 92 heavy (non-hydrogen) atoms. The molecule has 0 spiro atoms. The molecule has 29 heteroatoms. The molecule has 0 saturated carbocycles. The third-order valence-electron chi connectivity index (χ3n) is 13.9. The van der Waals surface area contributed by atoms with E-state index in [0.717, 1.165) is 23.5 Å². The highest BCUT2D eigenvalue weighted by atomic mass is 32.2. The molecule has 3 N–H and O–H groups in total. The highest BCUT2D eigenvalue weighted by Crippen LogP contribution is 2.34. The molecule has 496 valence electrons. The number of aryl methyl sites for hydroxylation is 2. The van der Waals surface area contributed by atoms with E-state index in [2.05, 4.69) is 0 Å². The summed E-state index contributed by atoms with van der Waals surface area (Å²) in [5.74, 6) is -3.13. The van der Waals surface area contributed by atoms with Crippen LogP contribution >= 0.6 is 0 Å². The van der Waals surface area contributed by atoms with Gasteiger partial charge in [0, 0.05) is 88.7 Å². The first kappa shape index (κ1) is 69.9. The number of esters is 2. The number of hydroxylamine groups is 2. The number of carbonyl (C=O) groups excluding carboxylic acids is 2. The Morgan fingerprint density at radius 1 is 0.478 bits per heavy atom. The van der Waals surface area contributed by atoms with Gasteiger partial charge < -0.3 is 42.8 Å². The number of sulfonamides is 2.